The fraction of sp³-hybridized carbons (Fsp3) is 0.222. The minimum atomic E-state index is -2.89. The largest absolute Gasteiger partial charge is 0.481 e. The molecular formula is C9H5F2IN2O2. The van der Waals surface area contributed by atoms with Gasteiger partial charge in [-0.15, -0.1) is 0 Å². The van der Waals surface area contributed by atoms with Gasteiger partial charge in [0.1, 0.15) is 17.5 Å². The van der Waals surface area contributed by atoms with Gasteiger partial charge in [0, 0.05) is 9.13 Å². The van der Waals surface area contributed by atoms with Gasteiger partial charge in [0.2, 0.25) is 0 Å². The lowest BCUT2D eigenvalue weighted by Gasteiger charge is -2.08. The van der Waals surface area contributed by atoms with Crippen LogP contribution in [0.2, 0.25) is 0 Å². The first-order chi connectivity index (χ1) is 7.45. The number of nitrogens with zero attached hydrogens (tertiary/aromatic N) is 2. The van der Waals surface area contributed by atoms with E-state index in [0.29, 0.717) is 3.57 Å². The van der Waals surface area contributed by atoms with Gasteiger partial charge in [0.05, 0.1) is 6.42 Å². The monoisotopic (exact) mass is 338 g/mol. The summed E-state index contributed by atoms with van der Waals surface area (Å²) < 4.78 is 25.5. The first-order valence-corrected chi connectivity index (χ1v) is 5.13. The highest BCUT2D eigenvalue weighted by Crippen LogP contribution is 2.26. The Morgan fingerprint density at radius 1 is 1.69 bits per heavy atom. The maximum absolute atomic E-state index is 12.6. The van der Waals surface area contributed by atoms with Gasteiger partial charge in [-0.05, 0) is 28.7 Å². The number of nitriles is 1. The lowest BCUT2D eigenvalue weighted by Crippen LogP contribution is -2.09. The van der Waals surface area contributed by atoms with Crippen LogP contribution in [0.3, 0.4) is 0 Å². The molecule has 1 aromatic heterocycles. The van der Waals surface area contributed by atoms with Crippen LogP contribution < -0.4 is 0 Å². The Kier molecular flexibility index (Phi) is 4.12. The van der Waals surface area contributed by atoms with E-state index in [1.54, 1.807) is 28.7 Å². The van der Waals surface area contributed by atoms with Crippen molar-refractivity contribution >= 4 is 28.6 Å². The molecule has 1 heterocycles. The number of carboxylic acids is 1. The molecule has 0 bridgehead atoms. The molecule has 0 aliphatic carbocycles. The van der Waals surface area contributed by atoms with Gasteiger partial charge in [0.25, 0.3) is 6.43 Å². The Balaban J connectivity index is 3.35. The van der Waals surface area contributed by atoms with Crippen LogP contribution in [0.15, 0.2) is 6.07 Å². The summed E-state index contributed by atoms with van der Waals surface area (Å²) in [4.78, 5) is 13.9. The summed E-state index contributed by atoms with van der Waals surface area (Å²) in [6, 6.07) is 2.93. The third-order valence-electron chi connectivity index (χ3n) is 1.75. The fourth-order valence-electron chi connectivity index (χ4n) is 1.12. The van der Waals surface area contributed by atoms with Crippen LogP contribution in [-0.2, 0) is 11.2 Å². The zero-order valence-electron chi connectivity index (χ0n) is 7.75. The van der Waals surface area contributed by atoms with Crippen LogP contribution in [-0.4, -0.2) is 16.1 Å². The predicted octanol–water partition coefficient (Wildman–Crippen LogP) is 2.12. The van der Waals surface area contributed by atoms with Crippen LogP contribution in [0.5, 0.6) is 0 Å². The highest BCUT2D eigenvalue weighted by Gasteiger charge is 2.20. The normalized spacial score (nSPS) is 10.2. The van der Waals surface area contributed by atoms with E-state index in [0.717, 1.165) is 0 Å². The number of aliphatic carboxylic acids is 1. The molecule has 0 spiro atoms. The quantitative estimate of drug-likeness (QED) is 0.857. The zero-order valence-corrected chi connectivity index (χ0v) is 9.90. The van der Waals surface area contributed by atoms with Crippen molar-refractivity contribution < 1.29 is 18.7 Å². The minimum absolute atomic E-state index is 0.0397. The molecule has 1 aromatic rings. The molecule has 16 heavy (non-hydrogen) atoms. The molecule has 0 fully saturated rings. The molecule has 7 heteroatoms. The molecule has 0 saturated carbocycles. The number of hydrogen-bond acceptors (Lipinski definition) is 3. The molecule has 84 valence electrons. The van der Waals surface area contributed by atoms with E-state index >= 15 is 0 Å². The molecule has 0 atom stereocenters. The average molecular weight is 338 g/mol. The van der Waals surface area contributed by atoms with Gasteiger partial charge in [-0.1, -0.05) is 0 Å². The SMILES string of the molecule is N#Cc1cc(I)c(CC(=O)O)c(C(F)F)n1. The number of carboxylic acid groups (broad SMARTS) is 1. The summed E-state index contributed by atoms with van der Waals surface area (Å²) in [6.45, 7) is 0. The Bertz CT molecular complexity index is 471. The van der Waals surface area contributed by atoms with Crippen molar-refractivity contribution in [3.63, 3.8) is 0 Å². The highest BCUT2D eigenvalue weighted by atomic mass is 127. The summed E-state index contributed by atoms with van der Waals surface area (Å²) in [5.74, 6) is -1.22. The number of alkyl halides is 2. The number of hydrogen-bond donors (Lipinski definition) is 1. The maximum Gasteiger partial charge on any atom is 0.307 e. The topological polar surface area (TPSA) is 74.0 Å². The first-order valence-electron chi connectivity index (χ1n) is 4.05. The van der Waals surface area contributed by atoms with E-state index in [1.165, 1.54) is 6.07 Å². The van der Waals surface area contributed by atoms with E-state index < -0.39 is 24.5 Å². The second kappa shape index (κ2) is 5.16. The van der Waals surface area contributed by atoms with Gasteiger partial charge in [-0.3, -0.25) is 4.79 Å². The molecule has 0 saturated heterocycles. The van der Waals surface area contributed by atoms with Crippen LogP contribution >= 0.6 is 22.6 Å². The van der Waals surface area contributed by atoms with Gasteiger partial charge >= 0.3 is 5.97 Å². The van der Waals surface area contributed by atoms with Crippen molar-refractivity contribution in [3.8, 4) is 6.07 Å². The van der Waals surface area contributed by atoms with E-state index in [-0.39, 0.29) is 11.3 Å². The maximum atomic E-state index is 12.6. The van der Waals surface area contributed by atoms with Crippen molar-refractivity contribution in [2.75, 3.05) is 0 Å². The van der Waals surface area contributed by atoms with Crippen molar-refractivity contribution in [3.05, 3.63) is 26.6 Å². The third kappa shape index (κ3) is 2.85. The lowest BCUT2D eigenvalue weighted by atomic mass is 10.1. The third-order valence-corrected chi connectivity index (χ3v) is 2.71. The summed E-state index contributed by atoms with van der Waals surface area (Å²) in [5.41, 5.74) is -0.818. The zero-order chi connectivity index (χ0) is 12.3. The van der Waals surface area contributed by atoms with E-state index in [1.807, 2.05) is 0 Å². The molecule has 0 amide bonds. The Labute approximate surface area is 103 Å². The standard InChI is InChI=1S/C9H5F2IN2O2/c10-9(11)8-5(2-7(15)16)6(12)1-4(3-13)14-8/h1,9H,2H2,(H,15,16). The molecule has 0 unspecified atom stereocenters. The molecule has 0 radical (unpaired) electrons. The van der Waals surface area contributed by atoms with Crippen molar-refractivity contribution in [2.24, 2.45) is 0 Å². The van der Waals surface area contributed by atoms with Crippen molar-refractivity contribution in [1.82, 2.24) is 4.98 Å². The smallest absolute Gasteiger partial charge is 0.307 e. The van der Waals surface area contributed by atoms with Gasteiger partial charge in [-0.2, -0.15) is 5.26 Å². The molecule has 1 N–H and O–H groups in total. The van der Waals surface area contributed by atoms with Crippen LogP contribution in [0.4, 0.5) is 8.78 Å². The van der Waals surface area contributed by atoms with Gasteiger partial charge in [-0.25, -0.2) is 13.8 Å². The van der Waals surface area contributed by atoms with Crippen molar-refractivity contribution in [1.29, 1.82) is 5.26 Å². The number of carbonyl (C=O) groups is 1. The summed E-state index contributed by atoms with van der Waals surface area (Å²) in [5, 5.41) is 17.1. The highest BCUT2D eigenvalue weighted by molar-refractivity contribution is 14.1. The Morgan fingerprint density at radius 3 is 2.75 bits per heavy atom. The van der Waals surface area contributed by atoms with Gasteiger partial charge in [0.15, 0.2) is 0 Å². The lowest BCUT2D eigenvalue weighted by molar-refractivity contribution is -0.136. The fourth-order valence-corrected chi connectivity index (χ4v) is 1.88. The number of aromatic nitrogens is 1. The second-order valence-corrected chi connectivity index (χ2v) is 4.00. The van der Waals surface area contributed by atoms with Crippen LogP contribution in [0.25, 0.3) is 0 Å². The van der Waals surface area contributed by atoms with E-state index in [4.69, 9.17) is 10.4 Å². The predicted molar refractivity (Wildman–Crippen MR) is 58.0 cm³/mol. The minimum Gasteiger partial charge on any atom is -0.481 e. The van der Waals surface area contributed by atoms with E-state index in [9.17, 15) is 13.6 Å². The van der Waals surface area contributed by atoms with E-state index in [2.05, 4.69) is 4.98 Å². The Morgan fingerprint density at radius 2 is 2.31 bits per heavy atom. The summed E-state index contributed by atoms with van der Waals surface area (Å²) in [7, 11) is 0. The van der Waals surface area contributed by atoms with Gasteiger partial charge < -0.3 is 5.11 Å². The Hall–Kier alpha value is -1.30. The van der Waals surface area contributed by atoms with Crippen molar-refractivity contribution in [2.45, 2.75) is 12.8 Å². The summed E-state index contributed by atoms with van der Waals surface area (Å²) in [6.07, 6.45) is -3.42. The average Bonchev–Trinajstić information content (AvgIpc) is 2.19. The molecular weight excluding hydrogens is 333 g/mol. The molecule has 1 rings (SSSR count). The number of rotatable bonds is 3. The molecule has 4 nitrogen and oxygen atoms in total. The first kappa shape index (κ1) is 12.8. The number of pyridine rings is 1. The molecule has 0 aliphatic heterocycles. The van der Waals surface area contributed by atoms with Crippen LogP contribution in [0.1, 0.15) is 23.4 Å². The summed E-state index contributed by atoms with van der Waals surface area (Å²) >= 11 is 1.71. The number of halogens is 3. The van der Waals surface area contributed by atoms with Crippen LogP contribution in [0, 0.1) is 14.9 Å². The molecule has 0 aliphatic rings. The second-order valence-electron chi connectivity index (χ2n) is 2.84. The molecule has 0 aromatic carbocycles.